The van der Waals surface area contributed by atoms with E-state index in [1.807, 2.05) is 13.0 Å². The summed E-state index contributed by atoms with van der Waals surface area (Å²) in [5, 5.41) is 0. The van der Waals surface area contributed by atoms with Gasteiger partial charge in [-0.1, -0.05) is 12.1 Å². The fourth-order valence-corrected chi connectivity index (χ4v) is 2.61. The molecule has 5 nitrogen and oxygen atoms in total. The number of pyridine rings is 1. The van der Waals surface area contributed by atoms with Gasteiger partial charge < -0.3 is 5.73 Å². The minimum atomic E-state index is -3.61. The molecule has 0 saturated carbocycles. The molecule has 3 N–H and O–H groups in total. The normalized spacial score (nSPS) is 11.3. The van der Waals surface area contributed by atoms with Crippen molar-refractivity contribution in [2.75, 3.05) is 4.72 Å². The third-order valence-electron chi connectivity index (χ3n) is 2.59. The highest BCUT2D eigenvalue weighted by Gasteiger charge is 2.14. The summed E-state index contributed by atoms with van der Waals surface area (Å²) in [6.45, 7) is 2.18. The molecule has 0 atom stereocenters. The lowest BCUT2D eigenvalue weighted by Crippen LogP contribution is -2.13. The Morgan fingerprint density at radius 1 is 1.26 bits per heavy atom. The van der Waals surface area contributed by atoms with Crippen LogP contribution in [0.15, 0.2) is 47.5 Å². The van der Waals surface area contributed by atoms with E-state index in [1.165, 1.54) is 12.3 Å². The first kappa shape index (κ1) is 13.5. The van der Waals surface area contributed by atoms with Gasteiger partial charge in [0.1, 0.15) is 4.90 Å². The molecule has 0 aliphatic rings. The van der Waals surface area contributed by atoms with Crippen molar-refractivity contribution in [3.8, 4) is 0 Å². The van der Waals surface area contributed by atoms with Crippen molar-refractivity contribution in [2.45, 2.75) is 18.4 Å². The van der Waals surface area contributed by atoms with Crippen molar-refractivity contribution in [1.82, 2.24) is 4.98 Å². The standard InChI is InChI=1S/C13H15N3O2S/c1-10-3-2-4-11(7-10)16-19(17,18)13-6-5-12(8-14)15-9-13/h2-7,9,16H,8,14H2,1H3. The lowest BCUT2D eigenvalue weighted by atomic mass is 10.2. The van der Waals surface area contributed by atoms with E-state index in [4.69, 9.17) is 5.73 Å². The second kappa shape index (κ2) is 5.38. The van der Waals surface area contributed by atoms with Gasteiger partial charge in [0.25, 0.3) is 10.0 Å². The molecule has 1 heterocycles. The zero-order valence-corrected chi connectivity index (χ0v) is 11.3. The predicted molar refractivity (Wildman–Crippen MR) is 74.1 cm³/mol. The van der Waals surface area contributed by atoms with Gasteiger partial charge in [0.15, 0.2) is 0 Å². The number of hydrogen-bond acceptors (Lipinski definition) is 4. The summed E-state index contributed by atoms with van der Waals surface area (Å²) >= 11 is 0. The molecule has 0 saturated heterocycles. The number of nitrogens with zero attached hydrogens (tertiary/aromatic N) is 1. The maximum atomic E-state index is 12.1. The summed E-state index contributed by atoms with van der Waals surface area (Å²) in [7, 11) is -3.61. The smallest absolute Gasteiger partial charge is 0.263 e. The van der Waals surface area contributed by atoms with Gasteiger partial charge in [0.2, 0.25) is 0 Å². The molecule has 0 spiro atoms. The molecule has 0 unspecified atom stereocenters. The van der Waals surface area contributed by atoms with E-state index >= 15 is 0 Å². The Morgan fingerprint density at radius 2 is 2.05 bits per heavy atom. The van der Waals surface area contributed by atoms with Gasteiger partial charge in [-0.05, 0) is 36.8 Å². The van der Waals surface area contributed by atoms with Gasteiger partial charge in [-0.25, -0.2) is 8.42 Å². The summed E-state index contributed by atoms with van der Waals surface area (Å²) in [5.41, 5.74) is 7.58. The van der Waals surface area contributed by atoms with Crippen LogP contribution in [-0.4, -0.2) is 13.4 Å². The zero-order valence-electron chi connectivity index (χ0n) is 10.5. The predicted octanol–water partition coefficient (Wildman–Crippen LogP) is 1.65. The third-order valence-corrected chi connectivity index (χ3v) is 3.95. The molecule has 0 bridgehead atoms. The van der Waals surface area contributed by atoms with Gasteiger partial charge in [-0.2, -0.15) is 0 Å². The second-order valence-corrected chi connectivity index (χ2v) is 5.85. The quantitative estimate of drug-likeness (QED) is 0.889. The Bertz CT molecular complexity index is 667. The Labute approximate surface area is 112 Å². The van der Waals surface area contributed by atoms with Gasteiger partial charge in [-0.3, -0.25) is 9.71 Å². The third kappa shape index (κ3) is 3.30. The van der Waals surface area contributed by atoms with Crippen LogP contribution in [0.2, 0.25) is 0 Å². The molecule has 1 aromatic heterocycles. The van der Waals surface area contributed by atoms with Crippen LogP contribution in [0, 0.1) is 6.92 Å². The molecule has 2 rings (SSSR count). The van der Waals surface area contributed by atoms with Gasteiger partial charge in [-0.15, -0.1) is 0 Å². The molecule has 0 amide bonds. The number of rotatable bonds is 4. The second-order valence-electron chi connectivity index (χ2n) is 4.16. The van der Waals surface area contributed by atoms with Crippen molar-refractivity contribution in [1.29, 1.82) is 0 Å². The van der Waals surface area contributed by atoms with E-state index in [1.54, 1.807) is 24.3 Å². The molecular weight excluding hydrogens is 262 g/mol. The number of aryl methyl sites for hydroxylation is 1. The van der Waals surface area contributed by atoms with Gasteiger partial charge in [0, 0.05) is 18.4 Å². The first-order valence-corrected chi connectivity index (χ1v) is 7.24. The highest BCUT2D eigenvalue weighted by atomic mass is 32.2. The van der Waals surface area contributed by atoms with Crippen LogP contribution in [-0.2, 0) is 16.6 Å². The highest BCUT2D eigenvalue weighted by molar-refractivity contribution is 7.92. The maximum Gasteiger partial charge on any atom is 0.263 e. The number of nitrogens with two attached hydrogens (primary N) is 1. The fourth-order valence-electron chi connectivity index (χ4n) is 1.61. The van der Waals surface area contributed by atoms with E-state index in [0.717, 1.165) is 5.56 Å². The van der Waals surface area contributed by atoms with E-state index < -0.39 is 10.0 Å². The van der Waals surface area contributed by atoms with E-state index in [9.17, 15) is 8.42 Å². The molecule has 19 heavy (non-hydrogen) atoms. The average Bonchev–Trinajstić information content (AvgIpc) is 2.38. The Hall–Kier alpha value is -1.92. The number of benzene rings is 1. The lowest BCUT2D eigenvalue weighted by molar-refractivity contribution is 0.600. The van der Waals surface area contributed by atoms with E-state index in [0.29, 0.717) is 11.4 Å². The van der Waals surface area contributed by atoms with Crippen molar-refractivity contribution in [2.24, 2.45) is 5.73 Å². The molecule has 0 radical (unpaired) electrons. The molecule has 2 aromatic rings. The average molecular weight is 277 g/mol. The van der Waals surface area contributed by atoms with E-state index in [-0.39, 0.29) is 11.4 Å². The minimum Gasteiger partial charge on any atom is -0.325 e. The molecular formula is C13H15N3O2S. The van der Waals surface area contributed by atoms with Crippen LogP contribution in [0.1, 0.15) is 11.3 Å². The number of aromatic nitrogens is 1. The fraction of sp³-hybridized carbons (Fsp3) is 0.154. The highest BCUT2D eigenvalue weighted by Crippen LogP contribution is 2.16. The van der Waals surface area contributed by atoms with Crippen molar-refractivity contribution < 1.29 is 8.42 Å². The largest absolute Gasteiger partial charge is 0.325 e. The summed E-state index contributed by atoms with van der Waals surface area (Å²) in [5.74, 6) is 0. The molecule has 0 aliphatic heterocycles. The summed E-state index contributed by atoms with van der Waals surface area (Å²) in [6.07, 6.45) is 1.31. The monoisotopic (exact) mass is 277 g/mol. The summed E-state index contributed by atoms with van der Waals surface area (Å²) < 4.78 is 26.8. The molecule has 0 aliphatic carbocycles. The minimum absolute atomic E-state index is 0.117. The van der Waals surface area contributed by atoms with Crippen LogP contribution in [0.3, 0.4) is 0 Å². The molecule has 6 heteroatoms. The molecule has 1 aromatic carbocycles. The van der Waals surface area contributed by atoms with Crippen molar-refractivity contribution in [3.63, 3.8) is 0 Å². The van der Waals surface area contributed by atoms with Gasteiger partial charge in [0.05, 0.1) is 5.69 Å². The lowest BCUT2D eigenvalue weighted by Gasteiger charge is -2.08. The van der Waals surface area contributed by atoms with Crippen LogP contribution < -0.4 is 10.5 Å². The summed E-state index contributed by atoms with van der Waals surface area (Å²) in [6, 6.07) is 10.3. The topological polar surface area (TPSA) is 85.1 Å². The number of nitrogens with one attached hydrogen (secondary N) is 1. The van der Waals surface area contributed by atoms with Crippen LogP contribution in [0.4, 0.5) is 5.69 Å². The number of anilines is 1. The zero-order chi connectivity index (χ0) is 13.9. The molecule has 100 valence electrons. The van der Waals surface area contributed by atoms with Crippen molar-refractivity contribution >= 4 is 15.7 Å². The maximum absolute atomic E-state index is 12.1. The van der Waals surface area contributed by atoms with Crippen molar-refractivity contribution in [3.05, 3.63) is 53.9 Å². The first-order chi connectivity index (χ1) is 9.01. The first-order valence-electron chi connectivity index (χ1n) is 5.76. The SMILES string of the molecule is Cc1cccc(NS(=O)(=O)c2ccc(CN)nc2)c1. The van der Waals surface area contributed by atoms with Crippen LogP contribution in [0.25, 0.3) is 0 Å². The van der Waals surface area contributed by atoms with Gasteiger partial charge >= 0.3 is 0 Å². The Kier molecular flexibility index (Phi) is 3.82. The Morgan fingerprint density at radius 3 is 2.63 bits per heavy atom. The van der Waals surface area contributed by atoms with Crippen LogP contribution >= 0.6 is 0 Å². The Balaban J connectivity index is 2.27. The summed E-state index contributed by atoms with van der Waals surface area (Å²) in [4.78, 5) is 4.10. The number of hydrogen-bond donors (Lipinski definition) is 2. The van der Waals surface area contributed by atoms with Crippen LogP contribution in [0.5, 0.6) is 0 Å². The number of sulfonamides is 1. The van der Waals surface area contributed by atoms with E-state index in [2.05, 4.69) is 9.71 Å². The molecule has 0 fully saturated rings.